The van der Waals surface area contributed by atoms with Crippen LogP contribution in [0.4, 0.5) is 5.82 Å². The number of nitrogens with two attached hydrogens (primary N) is 1. The van der Waals surface area contributed by atoms with E-state index in [-0.39, 0.29) is 6.61 Å². The standard InChI is InChI=1S/C19H29N4O2S/c1-12-16(8-9-24)26-19(17(25)14-6-4-3-5-7-14)23(12)11-15-10-21-13(2)22-18(15)20/h10,14,17,24-25H,3-9,11H2,1-2H3,(H2,20,21,22)/q+1. The first-order valence-corrected chi connectivity index (χ1v) is 10.2. The molecule has 0 saturated heterocycles. The lowest BCUT2D eigenvalue weighted by Crippen LogP contribution is -2.42. The quantitative estimate of drug-likeness (QED) is 0.671. The molecule has 6 nitrogen and oxygen atoms in total. The van der Waals surface area contributed by atoms with E-state index in [1.807, 2.05) is 13.8 Å². The summed E-state index contributed by atoms with van der Waals surface area (Å²) in [7, 11) is 0. The average molecular weight is 378 g/mol. The van der Waals surface area contributed by atoms with Crippen LogP contribution in [0.15, 0.2) is 6.20 Å². The van der Waals surface area contributed by atoms with Gasteiger partial charge in [-0.05, 0) is 25.7 Å². The minimum atomic E-state index is -0.473. The fourth-order valence-corrected chi connectivity index (χ4v) is 5.11. The van der Waals surface area contributed by atoms with E-state index in [0.29, 0.717) is 30.5 Å². The lowest BCUT2D eigenvalue weighted by atomic mass is 9.85. The number of aryl methyl sites for hydroxylation is 1. The highest BCUT2D eigenvalue weighted by molar-refractivity contribution is 7.11. The molecule has 0 bridgehead atoms. The third-order valence-electron chi connectivity index (χ3n) is 5.34. The number of aliphatic hydroxyl groups excluding tert-OH is 2. The molecule has 1 atom stereocenters. The Labute approximate surface area is 158 Å². The van der Waals surface area contributed by atoms with E-state index >= 15 is 0 Å². The lowest BCUT2D eigenvalue weighted by Gasteiger charge is -2.24. The van der Waals surface area contributed by atoms with Crippen molar-refractivity contribution >= 4 is 17.2 Å². The Kier molecular flexibility index (Phi) is 6.21. The molecule has 0 amide bonds. The predicted molar refractivity (Wildman–Crippen MR) is 102 cm³/mol. The van der Waals surface area contributed by atoms with Crippen molar-refractivity contribution in [3.8, 4) is 0 Å². The van der Waals surface area contributed by atoms with Crippen LogP contribution in [0.5, 0.6) is 0 Å². The molecule has 0 spiro atoms. The van der Waals surface area contributed by atoms with Gasteiger partial charge in [0, 0.05) is 26.1 Å². The summed E-state index contributed by atoms with van der Waals surface area (Å²) in [5.74, 6) is 1.45. The van der Waals surface area contributed by atoms with Crippen LogP contribution in [-0.4, -0.2) is 26.8 Å². The first kappa shape index (κ1) is 19.2. The lowest BCUT2D eigenvalue weighted by molar-refractivity contribution is -0.700. The zero-order valence-electron chi connectivity index (χ0n) is 15.6. The Hall–Kier alpha value is -1.57. The Morgan fingerprint density at radius 3 is 2.69 bits per heavy atom. The molecule has 2 heterocycles. The number of thiazole rings is 1. The fraction of sp³-hybridized carbons (Fsp3) is 0.632. The highest BCUT2D eigenvalue weighted by Gasteiger charge is 2.34. The zero-order chi connectivity index (χ0) is 18.7. The molecule has 1 fully saturated rings. The summed E-state index contributed by atoms with van der Waals surface area (Å²) in [6.45, 7) is 4.51. The molecule has 3 rings (SSSR count). The number of hydrogen-bond acceptors (Lipinski definition) is 6. The molecule has 2 aromatic heterocycles. The minimum Gasteiger partial charge on any atom is -0.396 e. The molecule has 7 heteroatoms. The number of hydrogen-bond donors (Lipinski definition) is 3. The number of rotatable bonds is 6. The van der Waals surface area contributed by atoms with Gasteiger partial charge < -0.3 is 15.9 Å². The molecular weight excluding hydrogens is 348 g/mol. The van der Waals surface area contributed by atoms with Gasteiger partial charge in [0.15, 0.2) is 18.3 Å². The Bertz CT molecular complexity index is 756. The van der Waals surface area contributed by atoms with Crippen molar-refractivity contribution in [2.24, 2.45) is 5.92 Å². The normalized spacial score (nSPS) is 16.8. The van der Waals surface area contributed by atoms with Gasteiger partial charge in [-0.2, -0.15) is 4.57 Å². The highest BCUT2D eigenvalue weighted by Crippen LogP contribution is 2.36. The molecule has 1 saturated carbocycles. The summed E-state index contributed by atoms with van der Waals surface area (Å²) < 4.78 is 2.14. The molecular formula is C19H29N4O2S+. The molecule has 0 radical (unpaired) electrons. The number of nitrogen functional groups attached to an aromatic ring is 1. The van der Waals surface area contributed by atoms with Crippen LogP contribution in [0.1, 0.15) is 65.2 Å². The summed E-state index contributed by atoms with van der Waals surface area (Å²) in [5.41, 5.74) is 8.02. The number of nitrogens with zero attached hydrogens (tertiary/aromatic N) is 3. The van der Waals surface area contributed by atoms with Crippen LogP contribution < -0.4 is 10.3 Å². The van der Waals surface area contributed by atoms with Crippen molar-refractivity contribution in [2.75, 3.05) is 12.3 Å². The van der Waals surface area contributed by atoms with Crippen molar-refractivity contribution in [3.05, 3.63) is 33.2 Å². The SMILES string of the molecule is Cc1ncc(C[n+]2c(C(O)C3CCCCC3)sc(CCO)c2C)c(N)n1. The van der Waals surface area contributed by atoms with E-state index in [2.05, 4.69) is 14.5 Å². The maximum absolute atomic E-state index is 11.1. The Balaban J connectivity index is 1.95. The first-order valence-electron chi connectivity index (χ1n) is 9.40. The maximum atomic E-state index is 11.1. The summed E-state index contributed by atoms with van der Waals surface area (Å²) in [4.78, 5) is 9.65. The molecule has 1 aliphatic carbocycles. The molecule has 1 unspecified atom stereocenters. The minimum absolute atomic E-state index is 0.107. The summed E-state index contributed by atoms with van der Waals surface area (Å²) >= 11 is 1.61. The van der Waals surface area contributed by atoms with E-state index in [9.17, 15) is 10.2 Å². The molecule has 26 heavy (non-hydrogen) atoms. The second-order valence-electron chi connectivity index (χ2n) is 7.18. The van der Waals surface area contributed by atoms with Gasteiger partial charge in [0.25, 0.3) is 5.01 Å². The van der Waals surface area contributed by atoms with Gasteiger partial charge in [-0.25, -0.2) is 9.97 Å². The van der Waals surface area contributed by atoms with Gasteiger partial charge in [-0.1, -0.05) is 30.6 Å². The van der Waals surface area contributed by atoms with Crippen molar-refractivity contribution in [1.29, 1.82) is 0 Å². The zero-order valence-corrected chi connectivity index (χ0v) is 16.4. The fourth-order valence-electron chi connectivity index (χ4n) is 3.78. The van der Waals surface area contributed by atoms with Gasteiger partial charge >= 0.3 is 0 Å². The highest BCUT2D eigenvalue weighted by atomic mass is 32.1. The van der Waals surface area contributed by atoms with Gasteiger partial charge in [-0.15, -0.1) is 0 Å². The number of aromatic nitrogens is 3. The smallest absolute Gasteiger partial charge is 0.267 e. The summed E-state index contributed by atoms with van der Waals surface area (Å²) in [6, 6.07) is 0. The van der Waals surface area contributed by atoms with Crippen LogP contribution in [0.2, 0.25) is 0 Å². The van der Waals surface area contributed by atoms with Crippen LogP contribution in [-0.2, 0) is 13.0 Å². The van der Waals surface area contributed by atoms with Gasteiger partial charge in [0.2, 0.25) is 0 Å². The van der Waals surface area contributed by atoms with Crippen molar-refractivity contribution in [2.45, 2.75) is 65.0 Å². The van der Waals surface area contributed by atoms with Gasteiger partial charge in [0.05, 0.1) is 10.4 Å². The van der Waals surface area contributed by atoms with E-state index < -0.39 is 6.10 Å². The Morgan fingerprint density at radius 2 is 2.04 bits per heavy atom. The first-order chi connectivity index (χ1) is 12.5. The van der Waals surface area contributed by atoms with Gasteiger partial charge in [0.1, 0.15) is 11.6 Å². The van der Waals surface area contributed by atoms with E-state index in [1.165, 1.54) is 19.3 Å². The maximum Gasteiger partial charge on any atom is 0.267 e. The van der Waals surface area contributed by atoms with Crippen LogP contribution in [0.3, 0.4) is 0 Å². The predicted octanol–water partition coefficient (Wildman–Crippen LogP) is 2.22. The van der Waals surface area contributed by atoms with Crippen LogP contribution in [0, 0.1) is 19.8 Å². The average Bonchev–Trinajstić information content (AvgIpc) is 2.94. The second-order valence-corrected chi connectivity index (χ2v) is 8.29. The molecule has 142 valence electrons. The van der Waals surface area contributed by atoms with Crippen molar-refractivity contribution in [1.82, 2.24) is 9.97 Å². The second kappa shape index (κ2) is 8.41. The monoisotopic (exact) mass is 377 g/mol. The molecule has 1 aliphatic rings. The van der Waals surface area contributed by atoms with E-state index in [4.69, 9.17) is 5.73 Å². The van der Waals surface area contributed by atoms with Crippen molar-refractivity contribution < 1.29 is 14.8 Å². The van der Waals surface area contributed by atoms with Crippen LogP contribution >= 0.6 is 11.3 Å². The van der Waals surface area contributed by atoms with E-state index in [0.717, 1.165) is 34.0 Å². The number of anilines is 1. The molecule has 2 aromatic rings. The summed E-state index contributed by atoms with van der Waals surface area (Å²) in [5, 5.41) is 21.4. The van der Waals surface area contributed by atoms with Crippen molar-refractivity contribution in [3.63, 3.8) is 0 Å². The number of aliphatic hydroxyl groups is 2. The molecule has 0 aliphatic heterocycles. The third kappa shape index (κ3) is 4.05. The van der Waals surface area contributed by atoms with Crippen LogP contribution in [0.25, 0.3) is 0 Å². The van der Waals surface area contributed by atoms with E-state index in [1.54, 1.807) is 17.5 Å². The van der Waals surface area contributed by atoms with Gasteiger partial charge in [-0.3, -0.25) is 0 Å². The molecule has 0 aromatic carbocycles. The molecule has 4 N–H and O–H groups in total. The largest absolute Gasteiger partial charge is 0.396 e. The summed E-state index contributed by atoms with van der Waals surface area (Å²) in [6.07, 6.45) is 7.69. The topological polar surface area (TPSA) is 96.1 Å². The third-order valence-corrected chi connectivity index (χ3v) is 6.75. The Morgan fingerprint density at radius 1 is 1.31 bits per heavy atom.